The maximum atomic E-state index is 12.6. The van der Waals surface area contributed by atoms with Crippen LogP contribution in [0.15, 0.2) is 29.2 Å². The summed E-state index contributed by atoms with van der Waals surface area (Å²) in [5.74, 6) is -0.546. The maximum absolute atomic E-state index is 12.6. The van der Waals surface area contributed by atoms with E-state index in [0.29, 0.717) is 13.1 Å². The molecule has 0 radical (unpaired) electrons. The lowest BCUT2D eigenvalue weighted by atomic mass is 10.2. The van der Waals surface area contributed by atoms with Gasteiger partial charge in [0.05, 0.1) is 30.3 Å². The smallest absolute Gasteiger partial charge is 0.338 e. The van der Waals surface area contributed by atoms with Gasteiger partial charge in [-0.05, 0) is 37.1 Å². The number of hydrogen-bond acceptors (Lipinski definition) is 6. The summed E-state index contributed by atoms with van der Waals surface area (Å²) in [6.45, 7) is 5.17. The van der Waals surface area contributed by atoms with E-state index in [4.69, 9.17) is 14.6 Å². The molecule has 0 unspecified atom stereocenters. The van der Waals surface area contributed by atoms with Crippen molar-refractivity contribution < 1.29 is 27.8 Å². The summed E-state index contributed by atoms with van der Waals surface area (Å²) in [4.78, 5) is 12.1. The molecule has 1 aromatic carbocycles. The molecule has 0 aliphatic carbocycles. The molecule has 25 heavy (non-hydrogen) atoms. The van der Waals surface area contributed by atoms with Gasteiger partial charge in [-0.1, -0.05) is 13.8 Å². The quantitative estimate of drug-likeness (QED) is 0.442. The number of ether oxygens (including phenoxy) is 2. The number of carbonyl (C=O) groups excluding carboxylic acids is 1. The van der Waals surface area contributed by atoms with Gasteiger partial charge in [0.2, 0.25) is 10.0 Å². The highest BCUT2D eigenvalue weighted by Crippen LogP contribution is 2.17. The van der Waals surface area contributed by atoms with E-state index in [2.05, 4.69) is 0 Å². The Hall–Kier alpha value is -1.48. The van der Waals surface area contributed by atoms with Crippen molar-refractivity contribution in [3.63, 3.8) is 0 Å². The fourth-order valence-electron chi connectivity index (χ4n) is 2.21. The molecule has 0 amide bonds. The van der Waals surface area contributed by atoms with E-state index in [0.717, 1.165) is 12.8 Å². The molecule has 8 heteroatoms. The third kappa shape index (κ3) is 6.74. The average Bonchev–Trinajstić information content (AvgIpc) is 2.61. The predicted molar refractivity (Wildman–Crippen MR) is 94.0 cm³/mol. The molecular weight excluding hydrogens is 346 g/mol. The van der Waals surface area contributed by atoms with Crippen LogP contribution in [0.1, 0.15) is 37.0 Å². The average molecular weight is 373 g/mol. The number of esters is 1. The van der Waals surface area contributed by atoms with E-state index in [-0.39, 0.29) is 36.9 Å². The molecule has 1 aromatic rings. The Morgan fingerprint density at radius 2 is 1.64 bits per heavy atom. The van der Waals surface area contributed by atoms with Crippen molar-refractivity contribution in [1.82, 2.24) is 4.31 Å². The minimum atomic E-state index is -3.56. The summed E-state index contributed by atoms with van der Waals surface area (Å²) < 4.78 is 36.7. The highest BCUT2D eigenvalue weighted by molar-refractivity contribution is 7.89. The molecule has 0 aliphatic heterocycles. The first kappa shape index (κ1) is 21.6. The van der Waals surface area contributed by atoms with Crippen LogP contribution in [0, 0.1) is 0 Å². The van der Waals surface area contributed by atoms with Gasteiger partial charge in [0.15, 0.2) is 0 Å². The monoisotopic (exact) mass is 373 g/mol. The van der Waals surface area contributed by atoms with E-state index in [1.54, 1.807) is 0 Å². The van der Waals surface area contributed by atoms with Crippen LogP contribution >= 0.6 is 0 Å². The van der Waals surface area contributed by atoms with Gasteiger partial charge in [-0.15, -0.1) is 0 Å². The summed E-state index contributed by atoms with van der Waals surface area (Å²) in [5.41, 5.74) is 0.277. The zero-order chi connectivity index (χ0) is 18.7. The molecular formula is C17H27NO6S. The van der Waals surface area contributed by atoms with Gasteiger partial charge in [-0.2, -0.15) is 4.31 Å². The Bertz CT molecular complexity index is 609. The minimum Gasteiger partial charge on any atom is -0.460 e. The lowest BCUT2D eigenvalue weighted by molar-refractivity contribution is 0.0258. The van der Waals surface area contributed by atoms with Crippen LogP contribution < -0.4 is 0 Å². The maximum Gasteiger partial charge on any atom is 0.338 e. The van der Waals surface area contributed by atoms with E-state index >= 15 is 0 Å². The summed E-state index contributed by atoms with van der Waals surface area (Å²) in [6, 6.07) is 5.73. The first-order valence-corrected chi connectivity index (χ1v) is 9.87. The van der Waals surface area contributed by atoms with Crippen molar-refractivity contribution in [3.05, 3.63) is 29.8 Å². The second-order valence-corrected chi connectivity index (χ2v) is 7.34. The van der Waals surface area contributed by atoms with Crippen molar-refractivity contribution in [2.75, 3.05) is 39.5 Å². The fourth-order valence-corrected chi connectivity index (χ4v) is 3.83. The molecule has 142 valence electrons. The zero-order valence-corrected chi connectivity index (χ0v) is 15.6. The van der Waals surface area contributed by atoms with E-state index in [9.17, 15) is 13.2 Å². The molecule has 0 heterocycles. The van der Waals surface area contributed by atoms with Crippen LogP contribution in [0.25, 0.3) is 0 Å². The van der Waals surface area contributed by atoms with Crippen LogP contribution in [-0.2, 0) is 19.5 Å². The first-order chi connectivity index (χ1) is 12.0. The molecule has 1 rings (SSSR count). The molecule has 0 saturated heterocycles. The Morgan fingerprint density at radius 3 is 2.16 bits per heavy atom. The van der Waals surface area contributed by atoms with E-state index in [1.807, 2.05) is 13.8 Å². The van der Waals surface area contributed by atoms with Gasteiger partial charge >= 0.3 is 5.97 Å². The standard InChI is InChI=1S/C17H27NO6S/c1-3-9-18(10-4-2)25(21,22)16-7-5-15(6-8-16)17(20)24-14-13-23-12-11-19/h5-8,19H,3-4,9-14H2,1-2H3. The molecule has 1 N–H and O–H groups in total. The van der Waals surface area contributed by atoms with Crippen LogP contribution in [0.2, 0.25) is 0 Å². The summed E-state index contributed by atoms with van der Waals surface area (Å²) in [7, 11) is -3.56. The molecule has 0 bridgehead atoms. The van der Waals surface area contributed by atoms with Gasteiger partial charge in [0, 0.05) is 13.1 Å². The number of sulfonamides is 1. The van der Waals surface area contributed by atoms with Crippen LogP contribution in [0.4, 0.5) is 0 Å². The van der Waals surface area contributed by atoms with Gasteiger partial charge in [-0.25, -0.2) is 13.2 Å². The number of rotatable bonds is 12. The molecule has 0 fully saturated rings. The van der Waals surface area contributed by atoms with Crippen LogP contribution in [0.5, 0.6) is 0 Å². The van der Waals surface area contributed by atoms with Gasteiger partial charge in [-0.3, -0.25) is 0 Å². The lowest BCUT2D eigenvalue weighted by Gasteiger charge is -2.21. The Labute approximate surface area is 149 Å². The van der Waals surface area contributed by atoms with Gasteiger partial charge in [0.25, 0.3) is 0 Å². The van der Waals surface area contributed by atoms with Gasteiger partial charge in [0.1, 0.15) is 6.61 Å². The largest absolute Gasteiger partial charge is 0.460 e. The molecule has 7 nitrogen and oxygen atoms in total. The number of aliphatic hydroxyl groups excluding tert-OH is 1. The van der Waals surface area contributed by atoms with Crippen molar-refractivity contribution in [1.29, 1.82) is 0 Å². The van der Waals surface area contributed by atoms with Crippen molar-refractivity contribution in [3.8, 4) is 0 Å². The second-order valence-electron chi connectivity index (χ2n) is 5.40. The molecule has 0 spiro atoms. The predicted octanol–water partition coefficient (Wildman–Crippen LogP) is 1.66. The van der Waals surface area contributed by atoms with Gasteiger partial charge < -0.3 is 14.6 Å². The third-order valence-electron chi connectivity index (χ3n) is 3.37. The van der Waals surface area contributed by atoms with E-state index < -0.39 is 16.0 Å². The van der Waals surface area contributed by atoms with Crippen molar-refractivity contribution >= 4 is 16.0 Å². The van der Waals surface area contributed by atoms with Crippen LogP contribution in [0.3, 0.4) is 0 Å². The molecule has 0 saturated carbocycles. The number of benzene rings is 1. The Morgan fingerprint density at radius 1 is 1.04 bits per heavy atom. The van der Waals surface area contributed by atoms with Crippen molar-refractivity contribution in [2.24, 2.45) is 0 Å². The van der Waals surface area contributed by atoms with Crippen LogP contribution in [-0.4, -0.2) is 63.3 Å². The summed E-state index contributed by atoms with van der Waals surface area (Å²) >= 11 is 0. The normalized spacial score (nSPS) is 11.7. The SMILES string of the molecule is CCCN(CCC)S(=O)(=O)c1ccc(C(=O)OCCOCCO)cc1. The van der Waals surface area contributed by atoms with E-state index in [1.165, 1.54) is 28.6 Å². The zero-order valence-electron chi connectivity index (χ0n) is 14.8. The topological polar surface area (TPSA) is 93.1 Å². The lowest BCUT2D eigenvalue weighted by Crippen LogP contribution is -2.32. The fraction of sp³-hybridized carbons (Fsp3) is 0.588. The second kappa shape index (κ2) is 11.2. The Balaban J connectivity index is 2.72. The number of carbonyl (C=O) groups is 1. The number of hydrogen-bond donors (Lipinski definition) is 1. The summed E-state index contributed by atoms with van der Waals surface area (Å²) in [5, 5.41) is 8.57. The molecule has 0 aromatic heterocycles. The summed E-state index contributed by atoms with van der Waals surface area (Å²) in [6.07, 6.45) is 1.48. The molecule has 0 aliphatic rings. The Kier molecular flexibility index (Phi) is 9.66. The highest BCUT2D eigenvalue weighted by Gasteiger charge is 2.23. The number of nitrogens with zero attached hydrogens (tertiary/aromatic N) is 1. The number of aliphatic hydroxyl groups is 1. The minimum absolute atomic E-state index is 0.0691. The van der Waals surface area contributed by atoms with Crippen molar-refractivity contribution in [2.45, 2.75) is 31.6 Å². The first-order valence-electron chi connectivity index (χ1n) is 8.43. The highest BCUT2D eigenvalue weighted by atomic mass is 32.2. The molecule has 0 atom stereocenters. The third-order valence-corrected chi connectivity index (χ3v) is 5.28.